The first-order chi connectivity index (χ1) is 9.78. The number of methoxy groups -OCH3 is 1. The fourth-order valence-corrected chi connectivity index (χ4v) is 2.18. The molecular formula is C15H15N3O2. The van der Waals surface area contributed by atoms with E-state index in [-0.39, 0.29) is 5.56 Å². The number of aromatic nitrogens is 3. The summed E-state index contributed by atoms with van der Waals surface area (Å²) in [6, 6.07) is 9.62. The van der Waals surface area contributed by atoms with Gasteiger partial charge in [0.05, 0.1) is 18.8 Å². The molecule has 0 aliphatic rings. The van der Waals surface area contributed by atoms with Gasteiger partial charge >= 0.3 is 0 Å². The molecule has 0 radical (unpaired) electrons. The Morgan fingerprint density at radius 1 is 1.25 bits per heavy atom. The second kappa shape index (κ2) is 5.21. The fourth-order valence-electron chi connectivity index (χ4n) is 2.18. The van der Waals surface area contributed by atoms with Crippen molar-refractivity contribution in [1.82, 2.24) is 14.5 Å². The number of aromatic amines is 1. The van der Waals surface area contributed by atoms with Gasteiger partial charge in [-0.15, -0.1) is 0 Å². The standard InChI is InChI=1S/C15H15N3O2/c1-20-12-4-2-11(3-5-12)7-9-18-10-17-14-13(15(18)19)6-8-16-14/h2-6,8,10,16H,7,9H2,1H3. The van der Waals surface area contributed by atoms with Crippen molar-refractivity contribution < 1.29 is 4.74 Å². The van der Waals surface area contributed by atoms with Gasteiger partial charge in [0.15, 0.2) is 0 Å². The van der Waals surface area contributed by atoms with Crippen LogP contribution >= 0.6 is 0 Å². The van der Waals surface area contributed by atoms with E-state index in [1.165, 1.54) is 0 Å². The average Bonchev–Trinajstić information content (AvgIpc) is 2.96. The van der Waals surface area contributed by atoms with Crippen molar-refractivity contribution in [2.45, 2.75) is 13.0 Å². The quantitative estimate of drug-likeness (QED) is 0.787. The van der Waals surface area contributed by atoms with Crippen molar-refractivity contribution >= 4 is 11.0 Å². The van der Waals surface area contributed by atoms with Gasteiger partial charge in [-0.3, -0.25) is 9.36 Å². The van der Waals surface area contributed by atoms with Crippen molar-refractivity contribution in [1.29, 1.82) is 0 Å². The SMILES string of the molecule is COc1ccc(CCn2cnc3[nH]ccc3c2=O)cc1. The Morgan fingerprint density at radius 3 is 2.80 bits per heavy atom. The summed E-state index contributed by atoms with van der Waals surface area (Å²) in [5, 5.41) is 0.627. The maximum atomic E-state index is 12.2. The second-order valence-corrected chi connectivity index (χ2v) is 4.58. The summed E-state index contributed by atoms with van der Waals surface area (Å²) in [7, 11) is 1.65. The summed E-state index contributed by atoms with van der Waals surface area (Å²) in [4.78, 5) is 19.4. The third kappa shape index (κ3) is 2.30. The van der Waals surface area contributed by atoms with Crippen LogP contribution in [0, 0.1) is 0 Å². The molecule has 3 rings (SSSR count). The Hall–Kier alpha value is -2.56. The van der Waals surface area contributed by atoms with Crippen molar-refractivity contribution in [3.8, 4) is 5.75 Å². The molecule has 0 atom stereocenters. The van der Waals surface area contributed by atoms with Gasteiger partial charge in [0.25, 0.3) is 5.56 Å². The maximum Gasteiger partial charge on any atom is 0.262 e. The van der Waals surface area contributed by atoms with Gasteiger partial charge in [-0.2, -0.15) is 0 Å². The summed E-state index contributed by atoms with van der Waals surface area (Å²) in [5.41, 5.74) is 1.78. The van der Waals surface area contributed by atoms with Crippen molar-refractivity contribution in [3.63, 3.8) is 0 Å². The second-order valence-electron chi connectivity index (χ2n) is 4.58. The van der Waals surface area contributed by atoms with Crippen molar-refractivity contribution in [3.05, 3.63) is 58.8 Å². The summed E-state index contributed by atoms with van der Waals surface area (Å²) < 4.78 is 6.76. The molecule has 1 aromatic carbocycles. The number of ether oxygens (including phenoxy) is 1. The van der Waals surface area contributed by atoms with Crippen LogP contribution in [-0.2, 0) is 13.0 Å². The van der Waals surface area contributed by atoms with Crippen LogP contribution < -0.4 is 10.3 Å². The summed E-state index contributed by atoms with van der Waals surface area (Å²) >= 11 is 0. The molecule has 3 aromatic rings. The normalized spacial score (nSPS) is 10.8. The molecular weight excluding hydrogens is 254 g/mol. The Labute approximate surface area is 115 Å². The third-order valence-electron chi connectivity index (χ3n) is 3.34. The van der Waals surface area contributed by atoms with E-state index in [2.05, 4.69) is 9.97 Å². The summed E-state index contributed by atoms with van der Waals surface area (Å²) in [6.45, 7) is 0.610. The predicted molar refractivity (Wildman–Crippen MR) is 77.1 cm³/mol. The lowest BCUT2D eigenvalue weighted by Crippen LogP contribution is -2.21. The van der Waals surface area contributed by atoms with Crippen LogP contribution in [0.4, 0.5) is 0 Å². The molecule has 0 aliphatic carbocycles. The van der Waals surface area contributed by atoms with E-state index in [1.54, 1.807) is 30.3 Å². The van der Waals surface area contributed by atoms with Gasteiger partial charge in [0.1, 0.15) is 11.4 Å². The van der Waals surface area contributed by atoms with E-state index < -0.39 is 0 Å². The van der Waals surface area contributed by atoms with E-state index in [0.717, 1.165) is 17.7 Å². The monoisotopic (exact) mass is 269 g/mol. The topological polar surface area (TPSA) is 59.9 Å². The van der Waals surface area contributed by atoms with Gasteiger partial charge in [-0.25, -0.2) is 4.98 Å². The first kappa shape index (κ1) is 12.5. The van der Waals surface area contributed by atoms with Crippen LogP contribution in [0.5, 0.6) is 5.75 Å². The number of nitrogens with zero attached hydrogens (tertiary/aromatic N) is 2. The molecule has 0 unspecified atom stereocenters. The zero-order chi connectivity index (χ0) is 13.9. The van der Waals surface area contributed by atoms with Crippen molar-refractivity contribution in [2.24, 2.45) is 0 Å². The number of hydrogen-bond acceptors (Lipinski definition) is 3. The summed E-state index contributed by atoms with van der Waals surface area (Å²) in [5.74, 6) is 0.835. The van der Waals surface area contributed by atoms with Crippen molar-refractivity contribution in [2.75, 3.05) is 7.11 Å². The Morgan fingerprint density at radius 2 is 2.05 bits per heavy atom. The van der Waals surface area contributed by atoms with Crippen LogP contribution in [0.25, 0.3) is 11.0 Å². The van der Waals surface area contributed by atoms with E-state index >= 15 is 0 Å². The van der Waals surface area contributed by atoms with E-state index in [1.807, 2.05) is 24.3 Å². The number of benzene rings is 1. The lowest BCUT2D eigenvalue weighted by Gasteiger charge is -2.06. The zero-order valence-corrected chi connectivity index (χ0v) is 11.2. The van der Waals surface area contributed by atoms with E-state index in [0.29, 0.717) is 17.6 Å². The van der Waals surface area contributed by atoms with Gasteiger partial charge < -0.3 is 9.72 Å². The van der Waals surface area contributed by atoms with E-state index in [4.69, 9.17) is 4.74 Å². The summed E-state index contributed by atoms with van der Waals surface area (Å²) in [6.07, 6.45) is 4.10. The number of hydrogen-bond donors (Lipinski definition) is 1. The lowest BCUT2D eigenvalue weighted by atomic mass is 10.1. The maximum absolute atomic E-state index is 12.2. The first-order valence-electron chi connectivity index (χ1n) is 6.43. The first-order valence-corrected chi connectivity index (χ1v) is 6.43. The number of fused-ring (bicyclic) bond motifs is 1. The predicted octanol–water partition coefficient (Wildman–Crippen LogP) is 1.98. The number of nitrogens with one attached hydrogen (secondary N) is 1. The molecule has 2 aromatic heterocycles. The van der Waals surface area contributed by atoms with Crippen LogP contribution in [0.15, 0.2) is 47.7 Å². The molecule has 0 spiro atoms. The van der Waals surface area contributed by atoms with Gasteiger partial charge in [0, 0.05) is 12.7 Å². The molecule has 5 heteroatoms. The van der Waals surface area contributed by atoms with Crippen LogP contribution in [0.3, 0.4) is 0 Å². The largest absolute Gasteiger partial charge is 0.497 e. The average molecular weight is 269 g/mol. The number of rotatable bonds is 4. The molecule has 0 fully saturated rings. The van der Waals surface area contributed by atoms with Gasteiger partial charge in [0.2, 0.25) is 0 Å². The minimum absolute atomic E-state index is 0.00948. The molecule has 0 amide bonds. The minimum Gasteiger partial charge on any atom is -0.497 e. The minimum atomic E-state index is -0.00948. The Balaban J connectivity index is 1.79. The molecule has 0 saturated heterocycles. The Kier molecular flexibility index (Phi) is 3.25. The molecule has 0 aliphatic heterocycles. The molecule has 0 bridgehead atoms. The fraction of sp³-hybridized carbons (Fsp3) is 0.200. The molecule has 102 valence electrons. The Bertz CT molecular complexity index is 772. The molecule has 2 heterocycles. The molecule has 0 saturated carbocycles. The highest BCUT2D eigenvalue weighted by molar-refractivity contribution is 5.73. The van der Waals surface area contributed by atoms with Crippen LogP contribution in [0.2, 0.25) is 0 Å². The van der Waals surface area contributed by atoms with Crippen LogP contribution in [-0.4, -0.2) is 21.6 Å². The molecule has 1 N–H and O–H groups in total. The third-order valence-corrected chi connectivity index (χ3v) is 3.34. The lowest BCUT2D eigenvalue weighted by molar-refractivity contribution is 0.414. The smallest absolute Gasteiger partial charge is 0.262 e. The van der Waals surface area contributed by atoms with Gasteiger partial charge in [-0.05, 0) is 30.2 Å². The molecule has 5 nitrogen and oxygen atoms in total. The highest BCUT2D eigenvalue weighted by atomic mass is 16.5. The molecule has 20 heavy (non-hydrogen) atoms. The van der Waals surface area contributed by atoms with E-state index in [9.17, 15) is 4.79 Å². The number of H-pyrrole nitrogens is 1. The van der Waals surface area contributed by atoms with Crippen LogP contribution in [0.1, 0.15) is 5.56 Å². The highest BCUT2D eigenvalue weighted by Crippen LogP contribution is 2.12. The highest BCUT2D eigenvalue weighted by Gasteiger charge is 2.04. The van der Waals surface area contributed by atoms with Gasteiger partial charge in [-0.1, -0.05) is 12.1 Å². The zero-order valence-electron chi connectivity index (χ0n) is 11.2. The number of aryl methyl sites for hydroxylation is 2.